The fraction of sp³-hybridized carbons (Fsp3) is 0.455. The highest BCUT2D eigenvalue weighted by molar-refractivity contribution is 5.54. The second-order valence-electron chi connectivity index (χ2n) is 3.67. The Morgan fingerprint density at radius 3 is 2.77 bits per heavy atom. The Morgan fingerprint density at radius 2 is 2.15 bits per heavy atom. The summed E-state index contributed by atoms with van der Waals surface area (Å²) in [5, 5.41) is 0. The second kappa shape index (κ2) is 3.38. The minimum absolute atomic E-state index is 0.762. The predicted octanol–water partition coefficient (Wildman–Crippen LogP) is 2.85. The maximum atomic E-state index is 4.94. The minimum Gasteiger partial charge on any atom is -0.279 e. The van der Waals surface area contributed by atoms with Gasteiger partial charge in [0.2, 0.25) is 0 Å². The van der Waals surface area contributed by atoms with E-state index in [1.807, 2.05) is 0 Å². The highest BCUT2D eigenvalue weighted by atomic mass is 16.6. The van der Waals surface area contributed by atoms with Crippen molar-refractivity contribution in [1.82, 2.24) is 0 Å². The molecular formula is C11H15NO. The number of anilines is 1. The van der Waals surface area contributed by atoms with E-state index in [1.54, 1.807) is 7.11 Å². The van der Waals surface area contributed by atoms with Crippen LogP contribution in [0, 0.1) is 6.92 Å². The molecule has 2 heteroatoms. The van der Waals surface area contributed by atoms with Crippen molar-refractivity contribution in [2.75, 3.05) is 12.6 Å². The van der Waals surface area contributed by atoms with Crippen LogP contribution in [0.4, 0.5) is 5.69 Å². The summed E-state index contributed by atoms with van der Waals surface area (Å²) in [6, 6.07) is 6.44. The normalized spacial score (nSPS) is 15.8. The molecule has 0 heterocycles. The van der Waals surface area contributed by atoms with Gasteiger partial charge in [-0.25, -0.2) is 0 Å². The summed E-state index contributed by atoms with van der Waals surface area (Å²) in [7, 11) is 1.65. The topological polar surface area (TPSA) is 21.3 Å². The molecule has 1 aromatic carbocycles. The van der Waals surface area contributed by atoms with E-state index in [4.69, 9.17) is 4.84 Å². The number of hydrogen-bond donors (Lipinski definition) is 1. The molecule has 1 fully saturated rings. The molecule has 0 atom stereocenters. The lowest BCUT2D eigenvalue weighted by molar-refractivity contribution is 0.270. The monoisotopic (exact) mass is 177 g/mol. The number of nitrogens with one attached hydrogen (secondary N) is 1. The summed E-state index contributed by atoms with van der Waals surface area (Å²) >= 11 is 0. The lowest BCUT2D eigenvalue weighted by Crippen LogP contribution is -1.99. The van der Waals surface area contributed by atoms with Gasteiger partial charge in [0.25, 0.3) is 0 Å². The first-order valence-corrected chi connectivity index (χ1v) is 4.71. The Kier molecular flexibility index (Phi) is 2.23. The van der Waals surface area contributed by atoms with Gasteiger partial charge in [0.1, 0.15) is 0 Å². The average Bonchev–Trinajstić information content (AvgIpc) is 2.91. The van der Waals surface area contributed by atoms with Gasteiger partial charge in [-0.15, -0.1) is 0 Å². The molecule has 0 unspecified atom stereocenters. The lowest BCUT2D eigenvalue weighted by Gasteiger charge is -2.10. The SMILES string of the molecule is CONc1ccc(C)cc1C1CC1. The van der Waals surface area contributed by atoms with Crippen LogP contribution in [-0.2, 0) is 4.84 Å². The molecule has 1 aliphatic carbocycles. The van der Waals surface area contributed by atoms with E-state index in [9.17, 15) is 0 Å². The van der Waals surface area contributed by atoms with E-state index < -0.39 is 0 Å². The zero-order valence-corrected chi connectivity index (χ0v) is 8.13. The van der Waals surface area contributed by atoms with E-state index >= 15 is 0 Å². The van der Waals surface area contributed by atoms with Crippen molar-refractivity contribution in [2.45, 2.75) is 25.7 Å². The molecule has 0 spiro atoms. The van der Waals surface area contributed by atoms with Crippen molar-refractivity contribution in [3.05, 3.63) is 29.3 Å². The molecule has 0 aromatic heterocycles. The van der Waals surface area contributed by atoms with Crippen LogP contribution in [0.3, 0.4) is 0 Å². The van der Waals surface area contributed by atoms with Crippen molar-refractivity contribution in [1.29, 1.82) is 0 Å². The standard InChI is InChI=1S/C11H15NO/c1-8-3-6-11(12-13-2)10(7-8)9-4-5-9/h3,6-7,9,12H,4-5H2,1-2H3. The van der Waals surface area contributed by atoms with E-state index in [2.05, 4.69) is 30.6 Å². The first-order chi connectivity index (χ1) is 6.31. The summed E-state index contributed by atoms with van der Waals surface area (Å²) in [5.41, 5.74) is 6.77. The zero-order chi connectivity index (χ0) is 9.26. The molecule has 1 saturated carbocycles. The zero-order valence-electron chi connectivity index (χ0n) is 8.13. The molecule has 1 N–H and O–H groups in total. The van der Waals surface area contributed by atoms with Crippen molar-refractivity contribution in [3.63, 3.8) is 0 Å². The number of benzene rings is 1. The predicted molar refractivity (Wildman–Crippen MR) is 53.8 cm³/mol. The fourth-order valence-electron chi connectivity index (χ4n) is 1.62. The Labute approximate surface area is 78.9 Å². The van der Waals surface area contributed by atoms with Crippen molar-refractivity contribution in [2.24, 2.45) is 0 Å². The Bertz CT molecular complexity index is 305. The van der Waals surface area contributed by atoms with Gasteiger partial charge in [-0.2, -0.15) is 0 Å². The van der Waals surface area contributed by atoms with Crippen LogP contribution in [0.25, 0.3) is 0 Å². The van der Waals surface area contributed by atoms with Crippen LogP contribution in [0.1, 0.15) is 29.9 Å². The Morgan fingerprint density at radius 1 is 1.38 bits per heavy atom. The van der Waals surface area contributed by atoms with E-state index in [-0.39, 0.29) is 0 Å². The highest BCUT2D eigenvalue weighted by Gasteiger charge is 2.26. The fourth-order valence-corrected chi connectivity index (χ4v) is 1.62. The smallest absolute Gasteiger partial charge is 0.0639 e. The van der Waals surface area contributed by atoms with Gasteiger partial charge < -0.3 is 0 Å². The van der Waals surface area contributed by atoms with Crippen LogP contribution in [0.2, 0.25) is 0 Å². The summed E-state index contributed by atoms with van der Waals surface area (Å²) in [4.78, 5) is 4.94. The van der Waals surface area contributed by atoms with Gasteiger partial charge >= 0.3 is 0 Å². The van der Waals surface area contributed by atoms with E-state index in [0.717, 1.165) is 11.6 Å². The van der Waals surface area contributed by atoms with E-state index in [0.29, 0.717) is 0 Å². The molecule has 70 valence electrons. The van der Waals surface area contributed by atoms with Gasteiger partial charge in [-0.1, -0.05) is 17.7 Å². The second-order valence-corrected chi connectivity index (χ2v) is 3.67. The lowest BCUT2D eigenvalue weighted by atomic mass is 10.1. The third-order valence-electron chi connectivity index (χ3n) is 2.44. The third-order valence-corrected chi connectivity index (χ3v) is 2.44. The number of rotatable bonds is 3. The first kappa shape index (κ1) is 8.57. The molecule has 0 amide bonds. The molecule has 1 aromatic rings. The van der Waals surface area contributed by atoms with Crippen LogP contribution >= 0.6 is 0 Å². The molecule has 0 bridgehead atoms. The van der Waals surface area contributed by atoms with E-state index in [1.165, 1.54) is 24.0 Å². The minimum atomic E-state index is 0.762. The van der Waals surface area contributed by atoms with Crippen molar-refractivity contribution < 1.29 is 4.84 Å². The number of hydrogen-bond acceptors (Lipinski definition) is 2. The maximum absolute atomic E-state index is 4.94. The van der Waals surface area contributed by atoms with Gasteiger partial charge in [0, 0.05) is 0 Å². The molecule has 0 radical (unpaired) electrons. The molecule has 0 saturated heterocycles. The first-order valence-electron chi connectivity index (χ1n) is 4.71. The largest absolute Gasteiger partial charge is 0.279 e. The van der Waals surface area contributed by atoms with Gasteiger partial charge in [0.15, 0.2) is 0 Å². The van der Waals surface area contributed by atoms with Crippen LogP contribution in [0.15, 0.2) is 18.2 Å². The van der Waals surface area contributed by atoms with Gasteiger partial charge in [0.05, 0.1) is 12.8 Å². The summed E-state index contributed by atoms with van der Waals surface area (Å²) < 4.78 is 0. The quantitative estimate of drug-likeness (QED) is 0.717. The summed E-state index contributed by atoms with van der Waals surface area (Å²) in [5.74, 6) is 0.762. The van der Waals surface area contributed by atoms with Crippen LogP contribution in [0.5, 0.6) is 0 Å². The highest BCUT2D eigenvalue weighted by Crippen LogP contribution is 2.43. The summed E-state index contributed by atoms with van der Waals surface area (Å²) in [6.45, 7) is 2.13. The van der Waals surface area contributed by atoms with Gasteiger partial charge in [-0.3, -0.25) is 10.3 Å². The summed E-state index contributed by atoms with van der Waals surface area (Å²) in [6.07, 6.45) is 2.64. The Balaban J connectivity index is 2.30. The molecular weight excluding hydrogens is 162 g/mol. The van der Waals surface area contributed by atoms with Crippen molar-refractivity contribution in [3.8, 4) is 0 Å². The average molecular weight is 177 g/mol. The molecule has 2 nitrogen and oxygen atoms in total. The number of aryl methyl sites for hydroxylation is 1. The van der Waals surface area contributed by atoms with Crippen LogP contribution < -0.4 is 5.48 Å². The van der Waals surface area contributed by atoms with Crippen LogP contribution in [-0.4, -0.2) is 7.11 Å². The molecule has 1 aliphatic rings. The third kappa shape index (κ3) is 1.83. The molecule has 0 aliphatic heterocycles. The molecule has 13 heavy (non-hydrogen) atoms. The van der Waals surface area contributed by atoms with Crippen molar-refractivity contribution >= 4 is 5.69 Å². The van der Waals surface area contributed by atoms with Gasteiger partial charge in [-0.05, 0) is 37.3 Å². The Hall–Kier alpha value is -1.02. The maximum Gasteiger partial charge on any atom is 0.0639 e. The molecule has 2 rings (SSSR count).